The number of hydrogen-bond donors (Lipinski definition) is 0. The molecule has 0 bridgehead atoms. The number of carbonyl (C=O) groups is 1. The Labute approximate surface area is 127 Å². The normalized spacial score (nSPS) is 10.4. The zero-order chi connectivity index (χ0) is 16.9. The van der Waals surface area contributed by atoms with Crippen molar-refractivity contribution in [2.75, 3.05) is 7.11 Å². The van der Waals surface area contributed by atoms with Crippen LogP contribution in [0.25, 0.3) is 5.52 Å². The van der Waals surface area contributed by atoms with E-state index in [1.165, 1.54) is 7.11 Å². The number of hydrogen-bond acceptors (Lipinski definition) is 7. The zero-order valence-corrected chi connectivity index (χ0v) is 12.4. The lowest BCUT2D eigenvalue weighted by Gasteiger charge is -2.17. The molecule has 2 heterocycles. The largest absolute Gasteiger partial charge is 0.461 e. The number of nitriles is 1. The highest BCUT2D eigenvalue weighted by Crippen LogP contribution is 2.13. The first-order valence-corrected chi connectivity index (χ1v) is 6.96. The van der Waals surface area contributed by atoms with Gasteiger partial charge in [-0.2, -0.15) is 9.66 Å². The number of nitrogens with zero attached hydrogens (tertiary/aromatic N) is 2. The Hall–Kier alpha value is -2.28. The SMILES string of the molecule is COC(=O)c1cc(C)c(C#N)c2cccc[n+]12.[O-][Cl+3]([O-])([O-])[O-]. The minimum Gasteiger partial charge on any atom is -0.461 e. The summed E-state index contributed by atoms with van der Waals surface area (Å²) in [5.41, 5.74) is 2.45. The molecule has 0 N–H and O–H groups in total. The molecule has 0 saturated carbocycles. The number of pyridine rings is 2. The van der Waals surface area contributed by atoms with Gasteiger partial charge in [-0.15, -0.1) is 10.2 Å². The molecule has 8 nitrogen and oxygen atoms in total. The van der Waals surface area contributed by atoms with E-state index in [-0.39, 0.29) is 0 Å². The standard InChI is InChI=1S/C13H11N2O2.ClHO4/c1-9-7-12(13(16)17-2)15-6-4-3-5-11(15)10(9)8-14;2-1(3,4)5/h3-7H,1-2H3;(H,2,3,4,5)/q+1;/p-1. The van der Waals surface area contributed by atoms with Gasteiger partial charge < -0.3 is 4.74 Å². The van der Waals surface area contributed by atoms with E-state index in [9.17, 15) is 4.79 Å². The summed E-state index contributed by atoms with van der Waals surface area (Å²) in [6, 6.07) is 9.25. The molecule has 0 aliphatic rings. The minimum atomic E-state index is -4.94. The summed E-state index contributed by atoms with van der Waals surface area (Å²) in [5.74, 6) is -0.418. The first-order chi connectivity index (χ1) is 10.2. The van der Waals surface area contributed by atoms with E-state index in [2.05, 4.69) is 6.07 Å². The lowest BCUT2D eigenvalue weighted by atomic mass is 10.1. The number of esters is 1. The van der Waals surface area contributed by atoms with Crippen LogP contribution in [0.4, 0.5) is 0 Å². The van der Waals surface area contributed by atoms with Crippen molar-refractivity contribution in [1.82, 2.24) is 0 Å². The summed E-state index contributed by atoms with van der Waals surface area (Å²) in [6.07, 6.45) is 1.74. The van der Waals surface area contributed by atoms with Crippen molar-refractivity contribution in [2.24, 2.45) is 0 Å². The predicted molar refractivity (Wildman–Crippen MR) is 60.4 cm³/mol. The molecule has 0 aliphatic heterocycles. The molecular formula is C13H11ClN2O6. The number of carbonyl (C=O) groups excluding carboxylic acids is 1. The molecule has 0 atom stereocenters. The second-order valence-electron chi connectivity index (χ2n) is 4.02. The van der Waals surface area contributed by atoms with Crippen molar-refractivity contribution in [3.63, 3.8) is 0 Å². The molecule has 0 radical (unpaired) electrons. The molecule has 22 heavy (non-hydrogen) atoms. The van der Waals surface area contributed by atoms with Crippen LogP contribution in [-0.4, -0.2) is 13.1 Å². The van der Waals surface area contributed by atoms with Crippen LogP contribution < -0.4 is 23.0 Å². The van der Waals surface area contributed by atoms with E-state index in [4.69, 9.17) is 28.6 Å². The Bertz CT molecular complexity index is 730. The number of ether oxygens (including phenoxy) is 1. The maximum atomic E-state index is 11.7. The number of rotatable bonds is 1. The number of methoxy groups -OCH3 is 1. The van der Waals surface area contributed by atoms with E-state index in [0.717, 1.165) is 5.56 Å². The van der Waals surface area contributed by atoms with Crippen molar-refractivity contribution < 1.29 is 42.8 Å². The average molecular weight is 327 g/mol. The predicted octanol–water partition coefficient (Wildman–Crippen LogP) is -3.36. The Balaban J connectivity index is 0.000000422. The van der Waals surface area contributed by atoms with E-state index in [0.29, 0.717) is 16.8 Å². The highest BCUT2D eigenvalue weighted by molar-refractivity contribution is 5.86. The maximum absolute atomic E-state index is 11.7. The molecule has 0 fully saturated rings. The van der Waals surface area contributed by atoms with Gasteiger partial charge in [0.1, 0.15) is 11.6 Å². The Kier molecular flexibility index (Phi) is 5.76. The molecule has 0 amide bonds. The zero-order valence-electron chi connectivity index (χ0n) is 11.6. The van der Waals surface area contributed by atoms with Gasteiger partial charge in [-0.25, -0.2) is 23.4 Å². The van der Waals surface area contributed by atoms with E-state index >= 15 is 0 Å². The van der Waals surface area contributed by atoms with Crippen molar-refractivity contribution in [1.29, 1.82) is 5.26 Å². The average Bonchev–Trinajstić information content (AvgIpc) is 2.44. The van der Waals surface area contributed by atoms with Crippen LogP contribution in [0.3, 0.4) is 0 Å². The van der Waals surface area contributed by atoms with Gasteiger partial charge in [0, 0.05) is 18.2 Å². The number of aromatic nitrogens is 1. The lowest BCUT2D eigenvalue weighted by Crippen LogP contribution is -2.68. The Morgan fingerprint density at radius 1 is 1.32 bits per heavy atom. The number of halogens is 1. The molecule has 0 saturated heterocycles. The maximum Gasteiger partial charge on any atom is 0.403 e. The van der Waals surface area contributed by atoms with Gasteiger partial charge >= 0.3 is 5.97 Å². The monoisotopic (exact) mass is 326 g/mol. The van der Waals surface area contributed by atoms with Crippen LogP contribution in [0.2, 0.25) is 0 Å². The minimum absolute atomic E-state index is 0.416. The Morgan fingerprint density at radius 3 is 2.41 bits per heavy atom. The van der Waals surface area contributed by atoms with E-state index in [1.807, 2.05) is 6.07 Å². The molecule has 0 spiro atoms. The summed E-state index contributed by atoms with van der Waals surface area (Å²) in [4.78, 5) is 11.7. The topological polar surface area (TPSA) is 146 Å². The Morgan fingerprint density at radius 2 is 1.91 bits per heavy atom. The fraction of sp³-hybridized carbons (Fsp3) is 0.154. The van der Waals surface area contributed by atoms with Crippen LogP contribution in [0.5, 0.6) is 0 Å². The summed E-state index contributed by atoms with van der Waals surface area (Å²) >= 11 is 0. The van der Waals surface area contributed by atoms with Gasteiger partial charge in [-0.3, -0.25) is 0 Å². The van der Waals surface area contributed by atoms with Gasteiger partial charge in [0.05, 0.1) is 7.11 Å². The molecule has 2 aromatic rings. The van der Waals surface area contributed by atoms with Crippen LogP contribution in [-0.2, 0) is 4.74 Å². The van der Waals surface area contributed by atoms with Gasteiger partial charge in [0.15, 0.2) is 6.20 Å². The summed E-state index contributed by atoms with van der Waals surface area (Å²) in [5, 5.41) is 9.12. The fourth-order valence-electron chi connectivity index (χ4n) is 1.81. The van der Waals surface area contributed by atoms with Crippen LogP contribution in [0.15, 0.2) is 30.5 Å². The van der Waals surface area contributed by atoms with E-state index in [1.54, 1.807) is 35.7 Å². The molecule has 116 valence electrons. The van der Waals surface area contributed by atoms with Crippen LogP contribution in [0.1, 0.15) is 21.6 Å². The summed E-state index contributed by atoms with van der Waals surface area (Å²) in [7, 11) is -3.61. The summed E-state index contributed by atoms with van der Waals surface area (Å²) < 4.78 is 40.4. The second-order valence-corrected chi connectivity index (χ2v) is 4.78. The number of fused-ring (bicyclic) bond motifs is 1. The molecule has 2 rings (SSSR count). The molecule has 9 heteroatoms. The third-order valence-electron chi connectivity index (χ3n) is 2.63. The van der Waals surface area contributed by atoms with Crippen LogP contribution in [0, 0.1) is 28.5 Å². The van der Waals surface area contributed by atoms with Crippen molar-refractivity contribution in [3.8, 4) is 6.07 Å². The summed E-state index contributed by atoms with van der Waals surface area (Å²) in [6.45, 7) is 1.80. The van der Waals surface area contributed by atoms with Crippen LogP contribution >= 0.6 is 0 Å². The number of aryl methyl sites for hydroxylation is 1. The lowest BCUT2D eigenvalue weighted by molar-refractivity contribution is -2.00. The van der Waals surface area contributed by atoms with Crippen molar-refractivity contribution in [2.45, 2.75) is 6.92 Å². The molecular weight excluding hydrogens is 316 g/mol. The molecule has 0 aliphatic carbocycles. The third-order valence-corrected chi connectivity index (χ3v) is 2.63. The first-order valence-electron chi connectivity index (χ1n) is 5.73. The highest BCUT2D eigenvalue weighted by atomic mass is 35.7. The third kappa shape index (κ3) is 4.63. The van der Waals surface area contributed by atoms with Gasteiger partial charge in [0.25, 0.3) is 5.69 Å². The fourth-order valence-corrected chi connectivity index (χ4v) is 1.81. The quantitative estimate of drug-likeness (QED) is 0.392. The van der Waals surface area contributed by atoms with Crippen molar-refractivity contribution >= 4 is 11.5 Å². The highest BCUT2D eigenvalue weighted by Gasteiger charge is 2.23. The smallest absolute Gasteiger partial charge is 0.403 e. The van der Waals surface area contributed by atoms with Gasteiger partial charge in [0.2, 0.25) is 5.52 Å². The van der Waals surface area contributed by atoms with E-state index < -0.39 is 16.2 Å². The van der Waals surface area contributed by atoms with Gasteiger partial charge in [-0.05, 0) is 18.6 Å². The molecule has 0 unspecified atom stereocenters. The van der Waals surface area contributed by atoms with Gasteiger partial charge in [-0.1, -0.05) is 0 Å². The van der Waals surface area contributed by atoms with Crippen molar-refractivity contribution in [3.05, 3.63) is 47.3 Å². The molecule has 2 aromatic heterocycles. The first kappa shape index (κ1) is 17.8. The molecule has 0 aromatic carbocycles. The second kappa shape index (κ2) is 7.13.